The van der Waals surface area contributed by atoms with Crippen molar-refractivity contribution in [3.63, 3.8) is 0 Å². The summed E-state index contributed by atoms with van der Waals surface area (Å²) in [5.74, 6) is -0.841. The van der Waals surface area contributed by atoms with Crippen LogP contribution in [0.1, 0.15) is 23.7 Å². The first-order valence-electron chi connectivity index (χ1n) is 6.30. The van der Waals surface area contributed by atoms with Gasteiger partial charge in [0.1, 0.15) is 11.8 Å². The molecule has 20 heavy (non-hydrogen) atoms. The predicted molar refractivity (Wildman–Crippen MR) is 73.0 cm³/mol. The maximum absolute atomic E-state index is 11.7. The number of carbonyl (C=O) groups is 2. The number of benzene rings is 1. The molecule has 1 aromatic carbocycles. The summed E-state index contributed by atoms with van der Waals surface area (Å²) in [6.07, 6.45) is 0.787. The van der Waals surface area contributed by atoms with Crippen LogP contribution in [0.3, 0.4) is 0 Å². The van der Waals surface area contributed by atoms with Crippen molar-refractivity contribution in [3.05, 3.63) is 29.8 Å². The minimum absolute atomic E-state index is 0.391. The Hall–Kier alpha value is -2.08. The maximum Gasteiger partial charge on any atom is 0.325 e. The van der Waals surface area contributed by atoms with E-state index in [0.717, 1.165) is 6.42 Å². The number of rotatable bonds is 8. The number of hydrogen-bond acceptors (Lipinski definition) is 4. The number of nitrogens with one attached hydrogen (secondary N) is 1. The summed E-state index contributed by atoms with van der Waals surface area (Å²) in [4.78, 5) is 22.4. The van der Waals surface area contributed by atoms with Gasteiger partial charge in [-0.25, -0.2) is 0 Å². The van der Waals surface area contributed by atoms with Gasteiger partial charge >= 0.3 is 5.97 Å². The number of hydrogen-bond donors (Lipinski definition) is 2. The Balaban J connectivity index is 2.49. The van der Waals surface area contributed by atoms with Crippen molar-refractivity contribution >= 4 is 11.9 Å². The fourth-order valence-corrected chi connectivity index (χ4v) is 1.44. The third-order valence-corrected chi connectivity index (χ3v) is 2.60. The van der Waals surface area contributed by atoms with E-state index in [4.69, 9.17) is 14.6 Å². The Morgan fingerprint density at radius 2 is 1.90 bits per heavy atom. The van der Waals surface area contributed by atoms with E-state index < -0.39 is 17.9 Å². The zero-order chi connectivity index (χ0) is 15.0. The first kappa shape index (κ1) is 16.0. The van der Waals surface area contributed by atoms with Crippen LogP contribution in [0.25, 0.3) is 0 Å². The molecule has 0 heterocycles. The van der Waals surface area contributed by atoms with E-state index in [0.29, 0.717) is 24.5 Å². The van der Waals surface area contributed by atoms with Crippen molar-refractivity contribution in [2.45, 2.75) is 19.4 Å². The summed E-state index contributed by atoms with van der Waals surface area (Å²) in [5, 5.41) is 11.1. The van der Waals surface area contributed by atoms with E-state index in [1.165, 1.54) is 6.92 Å². The molecule has 1 aromatic rings. The average molecular weight is 281 g/mol. The van der Waals surface area contributed by atoms with Crippen LogP contribution >= 0.6 is 0 Å². The van der Waals surface area contributed by atoms with E-state index in [-0.39, 0.29) is 0 Å². The molecule has 0 aromatic heterocycles. The van der Waals surface area contributed by atoms with Crippen LogP contribution < -0.4 is 10.1 Å². The molecule has 2 N–H and O–H groups in total. The van der Waals surface area contributed by atoms with Crippen molar-refractivity contribution in [1.29, 1.82) is 0 Å². The zero-order valence-corrected chi connectivity index (χ0v) is 11.6. The molecule has 0 bridgehead atoms. The van der Waals surface area contributed by atoms with E-state index >= 15 is 0 Å². The molecular formula is C14H19NO5. The quantitative estimate of drug-likeness (QED) is 0.702. The second-order valence-electron chi connectivity index (χ2n) is 4.25. The van der Waals surface area contributed by atoms with Crippen LogP contribution in [0, 0.1) is 0 Å². The second-order valence-corrected chi connectivity index (χ2v) is 4.25. The number of carboxylic acid groups (broad SMARTS) is 1. The standard InChI is InChI=1S/C14H19NO5/c1-10(14(17)18)15-13(16)11-4-6-12(7-5-11)20-9-3-8-19-2/h4-7,10H,3,8-9H2,1-2H3,(H,15,16)(H,17,18)/t10-/m0/s1. The van der Waals surface area contributed by atoms with Gasteiger partial charge in [0.15, 0.2) is 0 Å². The number of aliphatic carboxylic acids is 1. The van der Waals surface area contributed by atoms with Gasteiger partial charge in [0.25, 0.3) is 5.91 Å². The summed E-state index contributed by atoms with van der Waals surface area (Å²) >= 11 is 0. The van der Waals surface area contributed by atoms with Gasteiger partial charge in [0.05, 0.1) is 6.61 Å². The van der Waals surface area contributed by atoms with Crippen molar-refractivity contribution in [2.75, 3.05) is 20.3 Å². The highest BCUT2D eigenvalue weighted by Crippen LogP contribution is 2.12. The third-order valence-electron chi connectivity index (χ3n) is 2.60. The fraction of sp³-hybridized carbons (Fsp3) is 0.429. The maximum atomic E-state index is 11.7. The number of methoxy groups -OCH3 is 1. The van der Waals surface area contributed by atoms with Gasteiger partial charge in [-0.1, -0.05) is 0 Å². The molecule has 0 saturated carbocycles. The Morgan fingerprint density at radius 3 is 2.45 bits per heavy atom. The lowest BCUT2D eigenvalue weighted by molar-refractivity contribution is -0.138. The van der Waals surface area contributed by atoms with E-state index in [2.05, 4.69) is 5.32 Å². The van der Waals surface area contributed by atoms with Gasteiger partial charge in [-0.15, -0.1) is 0 Å². The molecular weight excluding hydrogens is 262 g/mol. The smallest absolute Gasteiger partial charge is 0.325 e. The summed E-state index contributed by atoms with van der Waals surface area (Å²) in [5.41, 5.74) is 0.391. The third kappa shape index (κ3) is 5.27. The molecule has 0 aliphatic carbocycles. The zero-order valence-electron chi connectivity index (χ0n) is 11.6. The molecule has 1 amide bonds. The average Bonchev–Trinajstić information content (AvgIpc) is 2.44. The molecule has 0 aliphatic rings. The molecule has 6 nitrogen and oxygen atoms in total. The Labute approximate surface area is 117 Å². The van der Waals surface area contributed by atoms with Gasteiger partial charge in [-0.2, -0.15) is 0 Å². The Bertz CT molecular complexity index is 443. The molecule has 0 spiro atoms. The number of carbonyl (C=O) groups excluding carboxylic acids is 1. The second kappa shape index (κ2) is 8.16. The van der Waals surface area contributed by atoms with Crippen LogP contribution in [-0.4, -0.2) is 43.3 Å². The van der Waals surface area contributed by atoms with Gasteiger partial charge in [-0.05, 0) is 31.2 Å². The van der Waals surface area contributed by atoms with E-state index in [9.17, 15) is 9.59 Å². The highest BCUT2D eigenvalue weighted by Gasteiger charge is 2.14. The molecule has 1 rings (SSSR count). The monoisotopic (exact) mass is 281 g/mol. The van der Waals surface area contributed by atoms with Gasteiger partial charge in [0, 0.05) is 25.7 Å². The summed E-state index contributed by atoms with van der Waals surface area (Å²) < 4.78 is 10.4. The molecule has 6 heteroatoms. The molecule has 1 atom stereocenters. The van der Waals surface area contributed by atoms with Crippen LogP contribution in [0.4, 0.5) is 0 Å². The lowest BCUT2D eigenvalue weighted by atomic mass is 10.2. The highest BCUT2D eigenvalue weighted by molar-refractivity contribution is 5.96. The first-order valence-corrected chi connectivity index (χ1v) is 6.30. The van der Waals surface area contributed by atoms with Gasteiger partial charge in [-0.3, -0.25) is 9.59 Å². The molecule has 0 aliphatic heterocycles. The Kier molecular flexibility index (Phi) is 6.52. The molecule has 0 unspecified atom stereocenters. The number of carboxylic acids is 1. The lowest BCUT2D eigenvalue weighted by Crippen LogP contribution is -2.38. The predicted octanol–water partition coefficient (Wildman–Crippen LogP) is 1.30. The lowest BCUT2D eigenvalue weighted by Gasteiger charge is -2.10. The molecule has 0 radical (unpaired) electrons. The van der Waals surface area contributed by atoms with Crippen LogP contribution in [0.2, 0.25) is 0 Å². The van der Waals surface area contributed by atoms with Crippen LogP contribution in [0.15, 0.2) is 24.3 Å². The summed E-state index contributed by atoms with van der Waals surface area (Å²) in [6, 6.07) is 5.61. The van der Waals surface area contributed by atoms with Crippen molar-refractivity contribution < 1.29 is 24.2 Å². The Morgan fingerprint density at radius 1 is 1.25 bits per heavy atom. The number of amides is 1. The van der Waals surface area contributed by atoms with Crippen LogP contribution in [-0.2, 0) is 9.53 Å². The number of ether oxygens (including phenoxy) is 2. The normalized spacial score (nSPS) is 11.7. The summed E-state index contributed by atoms with van der Waals surface area (Å²) in [7, 11) is 1.63. The summed E-state index contributed by atoms with van der Waals surface area (Å²) in [6.45, 7) is 2.58. The SMILES string of the molecule is COCCCOc1ccc(C(=O)N[C@@H](C)C(=O)O)cc1. The minimum Gasteiger partial charge on any atom is -0.494 e. The minimum atomic E-state index is -1.07. The largest absolute Gasteiger partial charge is 0.494 e. The van der Waals surface area contributed by atoms with Crippen LogP contribution in [0.5, 0.6) is 5.75 Å². The molecule has 110 valence electrons. The fourth-order valence-electron chi connectivity index (χ4n) is 1.44. The van der Waals surface area contributed by atoms with E-state index in [1.54, 1.807) is 31.4 Å². The first-order chi connectivity index (χ1) is 9.54. The van der Waals surface area contributed by atoms with Gasteiger partial charge < -0.3 is 19.9 Å². The van der Waals surface area contributed by atoms with E-state index in [1.807, 2.05) is 0 Å². The highest BCUT2D eigenvalue weighted by atomic mass is 16.5. The van der Waals surface area contributed by atoms with Crippen molar-refractivity contribution in [1.82, 2.24) is 5.32 Å². The van der Waals surface area contributed by atoms with Crippen molar-refractivity contribution in [3.8, 4) is 5.75 Å². The topological polar surface area (TPSA) is 84.9 Å². The molecule has 0 fully saturated rings. The molecule has 0 saturated heterocycles. The van der Waals surface area contributed by atoms with Gasteiger partial charge in [0.2, 0.25) is 0 Å². The van der Waals surface area contributed by atoms with Crippen molar-refractivity contribution in [2.24, 2.45) is 0 Å².